The summed E-state index contributed by atoms with van der Waals surface area (Å²) in [5.74, 6) is 0.842. The molecule has 1 N–H and O–H groups in total. The van der Waals surface area contributed by atoms with Crippen LogP contribution in [0.3, 0.4) is 0 Å². The van der Waals surface area contributed by atoms with Crippen molar-refractivity contribution < 1.29 is 9.53 Å². The lowest BCUT2D eigenvalue weighted by Gasteiger charge is -2.24. The second kappa shape index (κ2) is 7.78. The standard InChI is InChI=1S/C16H24N2O2/c1-17-14-7-9-15(10-8-14)20-13-16(19)18-11-5-3-2-4-6-12-18/h7-10,17H,2-6,11-13H2,1H3. The van der Waals surface area contributed by atoms with E-state index in [1.54, 1.807) is 0 Å². The fourth-order valence-corrected chi connectivity index (χ4v) is 2.45. The maximum absolute atomic E-state index is 12.1. The van der Waals surface area contributed by atoms with Crippen LogP contribution in [0.25, 0.3) is 0 Å². The molecule has 1 amide bonds. The van der Waals surface area contributed by atoms with Crippen LogP contribution in [0.1, 0.15) is 32.1 Å². The first kappa shape index (κ1) is 14.7. The Labute approximate surface area is 121 Å². The van der Waals surface area contributed by atoms with Gasteiger partial charge in [-0.15, -0.1) is 0 Å². The van der Waals surface area contributed by atoms with E-state index < -0.39 is 0 Å². The van der Waals surface area contributed by atoms with Gasteiger partial charge in [0.25, 0.3) is 5.91 Å². The van der Waals surface area contributed by atoms with Crippen LogP contribution in [0.4, 0.5) is 5.69 Å². The Kier molecular flexibility index (Phi) is 5.71. The summed E-state index contributed by atoms with van der Waals surface area (Å²) in [5.41, 5.74) is 1.03. The van der Waals surface area contributed by atoms with Gasteiger partial charge in [0.15, 0.2) is 6.61 Å². The number of benzene rings is 1. The van der Waals surface area contributed by atoms with Crippen molar-refractivity contribution in [1.82, 2.24) is 4.90 Å². The van der Waals surface area contributed by atoms with Gasteiger partial charge in [-0.25, -0.2) is 0 Å². The van der Waals surface area contributed by atoms with Crippen LogP contribution in [-0.4, -0.2) is 37.6 Å². The molecule has 0 radical (unpaired) electrons. The molecule has 2 rings (SSSR count). The molecule has 4 nitrogen and oxygen atoms in total. The first-order valence-corrected chi connectivity index (χ1v) is 7.48. The molecule has 0 bridgehead atoms. The van der Waals surface area contributed by atoms with Gasteiger partial charge in [-0.3, -0.25) is 4.79 Å². The highest BCUT2D eigenvalue weighted by Gasteiger charge is 2.15. The van der Waals surface area contributed by atoms with E-state index in [1.165, 1.54) is 19.3 Å². The molecule has 0 spiro atoms. The summed E-state index contributed by atoms with van der Waals surface area (Å²) in [7, 11) is 1.88. The van der Waals surface area contributed by atoms with E-state index >= 15 is 0 Å². The minimum absolute atomic E-state index is 0.101. The monoisotopic (exact) mass is 276 g/mol. The van der Waals surface area contributed by atoms with Crippen LogP contribution < -0.4 is 10.1 Å². The zero-order chi connectivity index (χ0) is 14.2. The summed E-state index contributed by atoms with van der Waals surface area (Å²) < 4.78 is 5.57. The quantitative estimate of drug-likeness (QED) is 0.919. The highest BCUT2D eigenvalue weighted by Crippen LogP contribution is 2.15. The maximum atomic E-state index is 12.1. The minimum Gasteiger partial charge on any atom is -0.484 e. The summed E-state index contributed by atoms with van der Waals surface area (Å²) in [6, 6.07) is 7.64. The number of hydrogen-bond donors (Lipinski definition) is 1. The molecule has 1 fully saturated rings. The Morgan fingerprint density at radius 2 is 1.70 bits per heavy atom. The largest absolute Gasteiger partial charge is 0.484 e. The van der Waals surface area contributed by atoms with E-state index in [0.717, 1.165) is 37.4 Å². The molecular weight excluding hydrogens is 252 g/mol. The van der Waals surface area contributed by atoms with E-state index in [0.29, 0.717) is 0 Å². The summed E-state index contributed by atoms with van der Waals surface area (Å²) in [4.78, 5) is 14.1. The van der Waals surface area contributed by atoms with E-state index in [2.05, 4.69) is 5.32 Å². The molecule has 1 saturated heterocycles. The number of likely N-dealkylation sites (tertiary alicyclic amines) is 1. The third kappa shape index (κ3) is 4.44. The number of anilines is 1. The average molecular weight is 276 g/mol. The molecular formula is C16H24N2O2. The molecule has 0 aliphatic carbocycles. The van der Waals surface area contributed by atoms with Crippen molar-refractivity contribution in [3.8, 4) is 5.75 Å². The summed E-state index contributed by atoms with van der Waals surface area (Å²) in [6.07, 6.45) is 5.99. The summed E-state index contributed by atoms with van der Waals surface area (Å²) in [6.45, 7) is 1.89. The number of carbonyl (C=O) groups excluding carboxylic acids is 1. The van der Waals surface area contributed by atoms with Gasteiger partial charge < -0.3 is 15.0 Å². The predicted octanol–water partition coefficient (Wildman–Crippen LogP) is 2.90. The predicted molar refractivity (Wildman–Crippen MR) is 81.1 cm³/mol. The molecule has 1 aliphatic rings. The van der Waals surface area contributed by atoms with E-state index in [9.17, 15) is 4.79 Å². The first-order chi connectivity index (χ1) is 9.79. The topological polar surface area (TPSA) is 41.6 Å². The van der Waals surface area contributed by atoms with Crippen LogP contribution >= 0.6 is 0 Å². The molecule has 0 atom stereocenters. The zero-order valence-corrected chi connectivity index (χ0v) is 12.2. The summed E-state index contributed by atoms with van der Waals surface area (Å²) >= 11 is 0. The van der Waals surface area contributed by atoms with Crippen LogP contribution in [0, 0.1) is 0 Å². The van der Waals surface area contributed by atoms with E-state index in [4.69, 9.17) is 4.74 Å². The van der Waals surface area contributed by atoms with Gasteiger partial charge in [0, 0.05) is 25.8 Å². The second-order valence-electron chi connectivity index (χ2n) is 5.21. The molecule has 4 heteroatoms. The number of amides is 1. The van der Waals surface area contributed by atoms with Gasteiger partial charge in [-0.05, 0) is 37.1 Å². The van der Waals surface area contributed by atoms with Crippen LogP contribution in [0.5, 0.6) is 5.75 Å². The molecule has 0 saturated carbocycles. The molecule has 0 aromatic heterocycles. The Morgan fingerprint density at radius 3 is 2.30 bits per heavy atom. The Balaban J connectivity index is 1.80. The normalized spacial score (nSPS) is 16.1. The van der Waals surface area contributed by atoms with Gasteiger partial charge in [0.2, 0.25) is 0 Å². The lowest BCUT2D eigenvalue weighted by molar-refractivity contribution is -0.133. The molecule has 1 aliphatic heterocycles. The van der Waals surface area contributed by atoms with Crippen molar-refractivity contribution in [1.29, 1.82) is 0 Å². The first-order valence-electron chi connectivity index (χ1n) is 7.48. The molecule has 1 heterocycles. The number of hydrogen-bond acceptors (Lipinski definition) is 3. The lowest BCUT2D eigenvalue weighted by atomic mass is 10.1. The Hall–Kier alpha value is -1.71. The van der Waals surface area contributed by atoms with E-state index in [-0.39, 0.29) is 12.5 Å². The summed E-state index contributed by atoms with van der Waals surface area (Å²) in [5, 5.41) is 3.05. The lowest BCUT2D eigenvalue weighted by Crippen LogP contribution is -2.37. The number of nitrogens with zero attached hydrogens (tertiary/aromatic N) is 1. The van der Waals surface area contributed by atoms with Crippen LogP contribution in [0.2, 0.25) is 0 Å². The van der Waals surface area contributed by atoms with Gasteiger partial charge in [0.05, 0.1) is 0 Å². The molecule has 1 aromatic rings. The van der Waals surface area contributed by atoms with Crippen molar-refractivity contribution in [2.45, 2.75) is 32.1 Å². The molecule has 110 valence electrons. The Bertz CT molecular complexity index is 409. The number of rotatable bonds is 4. The Morgan fingerprint density at radius 1 is 1.10 bits per heavy atom. The molecule has 1 aromatic carbocycles. The smallest absolute Gasteiger partial charge is 0.260 e. The van der Waals surface area contributed by atoms with E-state index in [1.807, 2.05) is 36.2 Å². The second-order valence-corrected chi connectivity index (χ2v) is 5.21. The van der Waals surface area contributed by atoms with Gasteiger partial charge in [-0.1, -0.05) is 19.3 Å². The van der Waals surface area contributed by atoms with Gasteiger partial charge >= 0.3 is 0 Å². The highest BCUT2D eigenvalue weighted by molar-refractivity contribution is 5.77. The van der Waals surface area contributed by atoms with Crippen LogP contribution in [-0.2, 0) is 4.79 Å². The third-order valence-electron chi connectivity index (χ3n) is 3.71. The average Bonchev–Trinajstić information content (AvgIpc) is 2.45. The minimum atomic E-state index is 0.101. The number of carbonyl (C=O) groups is 1. The maximum Gasteiger partial charge on any atom is 0.260 e. The fourth-order valence-electron chi connectivity index (χ4n) is 2.45. The van der Waals surface area contributed by atoms with Crippen molar-refractivity contribution >= 4 is 11.6 Å². The SMILES string of the molecule is CNc1ccc(OCC(=O)N2CCCCCCC2)cc1. The van der Waals surface area contributed by atoms with Crippen LogP contribution in [0.15, 0.2) is 24.3 Å². The number of ether oxygens (including phenoxy) is 1. The molecule has 20 heavy (non-hydrogen) atoms. The zero-order valence-electron chi connectivity index (χ0n) is 12.2. The molecule has 0 unspecified atom stereocenters. The van der Waals surface area contributed by atoms with Crippen molar-refractivity contribution in [2.24, 2.45) is 0 Å². The van der Waals surface area contributed by atoms with Crippen molar-refractivity contribution in [3.63, 3.8) is 0 Å². The fraction of sp³-hybridized carbons (Fsp3) is 0.562. The van der Waals surface area contributed by atoms with Gasteiger partial charge in [-0.2, -0.15) is 0 Å². The van der Waals surface area contributed by atoms with Crippen molar-refractivity contribution in [2.75, 3.05) is 32.1 Å². The highest BCUT2D eigenvalue weighted by atomic mass is 16.5. The third-order valence-corrected chi connectivity index (χ3v) is 3.71. The number of nitrogens with one attached hydrogen (secondary N) is 1. The van der Waals surface area contributed by atoms with Gasteiger partial charge in [0.1, 0.15) is 5.75 Å². The van der Waals surface area contributed by atoms with Crippen molar-refractivity contribution in [3.05, 3.63) is 24.3 Å².